The molecule has 1 amide bonds. The summed E-state index contributed by atoms with van der Waals surface area (Å²) in [7, 11) is 1.66. The molecule has 4 rings (SSSR count). The first-order valence-electron chi connectivity index (χ1n) is 11.8. The fourth-order valence-electron chi connectivity index (χ4n) is 4.82. The molecule has 3 fully saturated rings. The lowest BCUT2D eigenvalue weighted by Gasteiger charge is -2.37. The smallest absolute Gasteiger partial charge is 0.223 e. The van der Waals surface area contributed by atoms with Crippen molar-refractivity contribution in [1.29, 1.82) is 0 Å². The van der Waals surface area contributed by atoms with Gasteiger partial charge in [0, 0.05) is 31.5 Å². The molecule has 31 heavy (non-hydrogen) atoms. The molecule has 1 aromatic rings. The van der Waals surface area contributed by atoms with E-state index in [1.807, 2.05) is 23.1 Å². The number of methoxy groups -OCH3 is 1. The Hall–Kier alpha value is -1.79. The molecule has 1 saturated carbocycles. The van der Waals surface area contributed by atoms with Crippen LogP contribution in [0.25, 0.3) is 0 Å². The third-order valence-corrected chi connectivity index (χ3v) is 6.82. The molecule has 2 saturated heterocycles. The van der Waals surface area contributed by atoms with E-state index >= 15 is 0 Å². The van der Waals surface area contributed by atoms with Crippen LogP contribution >= 0.6 is 0 Å². The Bertz CT molecular complexity index is 735. The standard InChI is InChI=1S/C25H37NO5/c1-25(16-29-17-25)18-31-23-12-20(9-10-22(23)28-2)14-26(15-21-8-5-11-30-21)24(27)13-19-6-3-4-7-19/h9-10,12,19,21H,3-8,11,13-18H2,1-2H3/t21-/m1/s1. The van der Waals surface area contributed by atoms with Gasteiger partial charge in [0.25, 0.3) is 0 Å². The van der Waals surface area contributed by atoms with Crippen LogP contribution in [-0.4, -0.2) is 57.0 Å². The predicted molar refractivity (Wildman–Crippen MR) is 118 cm³/mol. The number of benzene rings is 1. The molecule has 172 valence electrons. The summed E-state index contributed by atoms with van der Waals surface area (Å²) in [5.74, 6) is 2.24. The van der Waals surface area contributed by atoms with Crippen LogP contribution in [0.2, 0.25) is 0 Å². The number of carbonyl (C=O) groups excluding carboxylic acids is 1. The summed E-state index contributed by atoms with van der Waals surface area (Å²) in [6.45, 7) is 6.25. The number of amides is 1. The lowest BCUT2D eigenvalue weighted by molar-refractivity contribution is -0.134. The minimum atomic E-state index is 0.0596. The molecule has 6 heteroatoms. The average Bonchev–Trinajstić information content (AvgIpc) is 3.45. The van der Waals surface area contributed by atoms with E-state index < -0.39 is 0 Å². The Morgan fingerprint density at radius 3 is 2.61 bits per heavy atom. The number of nitrogens with zero attached hydrogens (tertiary/aromatic N) is 1. The van der Waals surface area contributed by atoms with E-state index in [1.54, 1.807) is 7.11 Å². The van der Waals surface area contributed by atoms with Gasteiger partial charge < -0.3 is 23.8 Å². The SMILES string of the molecule is COc1ccc(CN(C[C@H]2CCCO2)C(=O)CC2CCCC2)cc1OCC1(C)COC1. The molecule has 0 bridgehead atoms. The van der Waals surface area contributed by atoms with Gasteiger partial charge in [0.05, 0.1) is 33.0 Å². The topological polar surface area (TPSA) is 57.2 Å². The van der Waals surface area contributed by atoms with E-state index in [2.05, 4.69) is 6.92 Å². The van der Waals surface area contributed by atoms with E-state index in [-0.39, 0.29) is 17.4 Å². The molecule has 2 heterocycles. The third kappa shape index (κ3) is 5.92. The van der Waals surface area contributed by atoms with E-state index in [9.17, 15) is 4.79 Å². The van der Waals surface area contributed by atoms with Gasteiger partial charge in [0.2, 0.25) is 5.91 Å². The molecule has 6 nitrogen and oxygen atoms in total. The van der Waals surface area contributed by atoms with Crippen LogP contribution in [0.1, 0.15) is 57.4 Å². The molecule has 1 aliphatic carbocycles. The van der Waals surface area contributed by atoms with E-state index in [4.69, 9.17) is 18.9 Å². The van der Waals surface area contributed by atoms with Crippen LogP contribution in [0.5, 0.6) is 11.5 Å². The van der Waals surface area contributed by atoms with Gasteiger partial charge in [-0.15, -0.1) is 0 Å². The first kappa shape index (κ1) is 22.4. The molecular formula is C25H37NO5. The fraction of sp³-hybridized carbons (Fsp3) is 0.720. The highest BCUT2D eigenvalue weighted by atomic mass is 16.5. The van der Waals surface area contributed by atoms with E-state index in [1.165, 1.54) is 25.7 Å². The summed E-state index contributed by atoms with van der Waals surface area (Å²) in [5, 5.41) is 0. The molecule has 1 aromatic carbocycles. The van der Waals surface area contributed by atoms with Crippen LogP contribution in [0.3, 0.4) is 0 Å². The summed E-state index contributed by atoms with van der Waals surface area (Å²) in [4.78, 5) is 15.2. The van der Waals surface area contributed by atoms with E-state index in [0.29, 0.717) is 32.0 Å². The molecule has 0 spiro atoms. The van der Waals surface area contributed by atoms with Crippen LogP contribution in [0.4, 0.5) is 0 Å². The second-order valence-corrected chi connectivity index (χ2v) is 9.84. The van der Waals surface area contributed by atoms with Crippen molar-refractivity contribution >= 4 is 5.91 Å². The molecule has 1 atom stereocenters. The number of rotatable bonds is 10. The number of hydrogen-bond donors (Lipinski definition) is 0. The molecular weight excluding hydrogens is 394 g/mol. The highest BCUT2D eigenvalue weighted by Gasteiger charge is 2.34. The number of carbonyl (C=O) groups is 1. The lowest BCUT2D eigenvalue weighted by Crippen LogP contribution is -2.44. The van der Waals surface area contributed by atoms with Crippen molar-refractivity contribution < 1.29 is 23.7 Å². The quantitative estimate of drug-likeness (QED) is 0.556. The van der Waals surface area contributed by atoms with Gasteiger partial charge >= 0.3 is 0 Å². The van der Waals surface area contributed by atoms with Gasteiger partial charge in [-0.25, -0.2) is 0 Å². The maximum atomic E-state index is 13.2. The maximum Gasteiger partial charge on any atom is 0.223 e. The Kier molecular flexibility index (Phi) is 7.39. The van der Waals surface area contributed by atoms with Crippen LogP contribution < -0.4 is 9.47 Å². The van der Waals surface area contributed by atoms with Gasteiger partial charge in [0.1, 0.15) is 0 Å². The maximum absolute atomic E-state index is 13.2. The average molecular weight is 432 g/mol. The highest BCUT2D eigenvalue weighted by molar-refractivity contribution is 5.76. The van der Waals surface area contributed by atoms with Crippen LogP contribution in [0.15, 0.2) is 18.2 Å². The summed E-state index contributed by atoms with van der Waals surface area (Å²) in [6.07, 6.45) is 7.80. The Labute approximate surface area is 186 Å². The summed E-state index contributed by atoms with van der Waals surface area (Å²) < 4.78 is 22.8. The molecule has 0 radical (unpaired) electrons. The van der Waals surface area contributed by atoms with Crippen molar-refractivity contribution in [1.82, 2.24) is 4.90 Å². The summed E-state index contributed by atoms with van der Waals surface area (Å²) in [6, 6.07) is 5.99. The first-order chi connectivity index (χ1) is 15.0. The first-order valence-corrected chi connectivity index (χ1v) is 11.8. The van der Waals surface area contributed by atoms with Crippen LogP contribution in [0, 0.1) is 11.3 Å². The normalized spacial score (nSPS) is 22.8. The zero-order chi connectivity index (χ0) is 21.7. The zero-order valence-corrected chi connectivity index (χ0v) is 19.1. The second kappa shape index (κ2) is 10.2. The summed E-state index contributed by atoms with van der Waals surface area (Å²) >= 11 is 0. The molecule has 3 aliphatic rings. The second-order valence-electron chi connectivity index (χ2n) is 9.84. The molecule has 0 unspecified atom stereocenters. The van der Waals surface area contributed by atoms with Gasteiger partial charge in [-0.05, 0) is 49.3 Å². The monoisotopic (exact) mass is 431 g/mol. The molecule has 2 aliphatic heterocycles. The number of hydrogen-bond acceptors (Lipinski definition) is 5. The van der Waals surface area contributed by atoms with Crippen molar-refractivity contribution in [3.05, 3.63) is 23.8 Å². The Morgan fingerprint density at radius 2 is 1.97 bits per heavy atom. The van der Waals surface area contributed by atoms with Crippen LogP contribution in [-0.2, 0) is 20.8 Å². The van der Waals surface area contributed by atoms with Gasteiger partial charge in [0.15, 0.2) is 11.5 Å². The Balaban J connectivity index is 1.44. The van der Waals surface area contributed by atoms with Crippen molar-refractivity contribution in [3.63, 3.8) is 0 Å². The minimum Gasteiger partial charge on any atom is -0.493 e. The predicted octanol–water partition coefficient (Wildman–Crippen LogP) is 4.20. The van der Waals surface area contributed by atoms with E-state index in [0.717, 1.165) is 49.7 Å². The fourth-order valence-corrected chi connectivity index (χ4v) is 4.82. The largest absolute Gasteiger partial charge is 0.493 e. The van der Waals surface area contributed by atoms with Crippen molar-refractivity contribution in [2.24, 2.45) is 11.3 Å². The zero-order valence-electron chi connectivity index (χ0n) is 19.1. The van der Waals surface area contributed by atoms with Crippen molar-refractivity contribution in [2.45, 2.75) is 64.5 Å². The summed E-state index contributed by atoms with van der Waals surface area (Å²) in [5.41, 5.74) is 1.12. The third-order valence-electron chi connectivity index (χ3n) is 6.82. The van der Waals surface area contributed by atoms with Gasteiger partial charge in [-0.2, -0.15) is 0 Å². The highest BCUT2D eigenvalue weighted by Crippen LogP contribution is 2.33. The minimum absolute atomic E-state index is 0.0596. The molecule has 0 N–H and O–H groups in total. The lowest BCUT2D eigenvalue weighted by atomic mass is 9.90. The van der Waals surface area contributed by atoms with Gasteiger partial charge in [-0.1, -0.05) is 25.8 Å². The number of ether oxygens (including phenoxy) is 4. The Morgan fingerprint density at radius 1 is 1.16 bits per heavy atom. The molecule has 0 aromatic heterocycles. The van der Waals surface area contributed by atoms with Crippen molar-refractivity contribution in [2.75, 3.05) is 40.1 Å². The van der Waals surface area contributed by atoms with Crippen molar-refractivity contribution in [3.8, 4) is 11.5 Å². The van der Waals surface area contributed by atoms with Gasteiger partial charge in [-0.3, -0.25) is 4.79 Å².